The zero-order valence-corrected chi connectivity index (χ0v) is 9.79. The van der Waals surface area contributed by atoms with Crippen molar-refractivity contribution in [2.45, 2.75) is 12.4 Å². The molecule has 0 aromatic heterocycles. The van der Waals surface area contributed by atoms with Gasteiger partial charge >= 0.3 is 12.4 Å². The van der Waals surface area contributed by atoms with Crippen LogP contribution in [0.5, 0.6) is 0 Å². The molecule has 0 saturated carbocycles. The second-order valence-corrected chi connectivity index (χ2v) is 3.68. The van der Waals surface area contributed by atoms with E-state index >= 15 is 0 Å². The molecule has 0 fully saturated rings. The molecule has 0 heterocycles. The van der Waals surface area contributed by atoms with Crippen molar-refractivity contribution in [3.63, 3.8) is 0 Å². The van der Waals surface area contributed by atoms with Gasteiger partial charge in [0.2, 0.25) is 5.83 Å². The van der Waals surface area contributed by atoms with Crippen molar-refractivity contribution in [2.24, 2.45) is 0 Å². The molecule has 0 nitrogen and oxygen atoms in total. The average molecular weight is 320 g/mol. The first-order valence-electron chi connectivity index (χ1n) is 5.11. The Kier molecular flexibility index (Phi) is 4.75. The predicted molar refractivity (Wildman–Crippen MR) is 55.8 cm³/mol. The Balaban J connectivity index is 3.59. The van der Waals surface area contributed by atoms with E-state index in [0.717, 1.165) is 12.1 Å². The fraction of sp³-hybridized carbons (Fsp3) is 0.167. The number of rotatable bonds is 2. The molecule has 1 rings (SSSR count). The summed E-state index contributed by atoms with van der Waals surface area (Å²) in [6, 6.07) is 4.69. The van der Waals surface area contributed by atoms with Gasteiger partial charge in [-0.05, 0) is 5.56 Å². The molecular formula is C12H5F9. The normalized spacial score (nSPS) is 15.5. The zero-order valence-electron chi connectivity index (χ0n) is 9.79. The first kappa shape index (κ1) is 17.1. The lowest BCUT2D eigenvalue weighted by Gasteiger charge is -2.13. The highest BCUT2D eigenvalue weighted by Crippen LogP contribution is 2.42. The molecule has 0 atom stereocenters. The van der Waals surface area contributed by atoms with E-state index in [0.29, 0.717) is 12.1 Å². The molecule has 0 aliphatic rings. The van der Waals surface area contributed by atoms with Gasteiger partial charge in [0.1, 0.15) is 5.57 Å². The molecule has 9 heteroatoms. The smallest absolute Gasteiger partial charge is 0.203 e. The molecule has 0 unspecified atom stereocenters. The number of halogens is 9. The van der Waals surface area contributed by atoms with E-state index in [-0.39, 0.29) is 0 Å². The molecule has 0 aliphatic carbocycles. The van der Waals surface area contributed by atoms with Crippen LogP contribution < -0.4 is 0 Å². The fourth-order valence-corrected chi connectivity index (χ4v) is 1.35. The standard InChI is InChI=1S/C12H5F9/c13-8(9(14)10(15)12(19,20)21)7(11(16,17)18)6-4-2-1-3-5-6/h1-5H/b8-7-,10-9+. The van der Waals surface area contributed by atoms with E-state index in [4.69, 9.17) is 0 Å². The Morgan fingerprint density at radius 1 is 0.667 bits per heavy atom. The Bertz CT molecular complexity index is 561. The van der Waals surface area contributed by atoms with E-state index in [2.05, 4.69) is 0 Å². The van der Waals surface area contributed by atoms with Crippen molar-refractivity contribution >= 4 is 5.57 Å². The summed E-state index contributed by atoms with van der Waals surface area (Å²) in [7, 11) is 0. The van der Waals surface area contributed by atoms with Crippen molar-refractivity contribution < 1.29 is 39.5 Å². The maximum absolute atomic E-state index is 13.4. The second kappa shape index (κ2) is 5.82. The first-order valence-corrected chi connectivity index (χ1v) is 5.11. The van der Waals surface area contributed by atoms with Gasteiger partial charge in [0.05, 0.1) is 0 Å². The number of allylic oxidation sites excluding steroid dienone is 4. The zero-order chi connectivity index (χ0) is 16.4. The lowest BCUT2D eigenvalue weighted by molar-refractivity contribution is -0.111. The van der Waals surface area contributed by atoms with Gasteiger partial charge in [-0.15, -0.1) is 0 Å². The van der Waals surface area contributed by atoms with Gasteiger partial charge in [-0.25, -0.2) is 8.78 Å². The highest BCUT2D eigenvalue weighted by Gasteiger charge is 2.44. The van der Waals surface area contributed by atoms with Crippen LogP contribution in [-0.2, 0) is 0 Å². The number of benzene rings is 1. The van der Waals surface area contributed by atoms with Gasteiger partial charge in [-0.2, -0.15) is 30.7 Å². The molecule has 21 heavy (non-hydrogen) atoms. The van der Waals surface area contributed by atoms with E-state index in [9.17, 15) is 39.5 Å². The number of hydrogen-bond acceptors (Lipinski definition) is 0. The van der Waals surface area contributed by atoms with Crippen LogP contribution in [0.3, 0.4) is 0 Å². The summed E-state index contributed by atoms with van der Waals surface area (Å²) in [6.07, 6.45) is -11.5. The fourth-order valence-electron chi connectivity index (χ4n) is 1.35. The van der Waals surface area contributed by atoms with Crippen molar-refractivity contribution in [1.29, 1.82) is 0 Å². The number of alkyl halides is 6. The van der Waals surface area contributed by atoms with E-state index in [1.54, 1.807) is 0 Å². The molecule has 1 aromatic rings. The summed E-state index contributed by atoms with van der Waals surface area (Å²) in [5.74, 6) is -9.79. The van der Waals surface area contributed by atoms with Gasteiger partial charge in [-0.1, -0.05) is 30.3 Å². The summed E-state index contributed by atoms with van der Waals surface area (Å²) in [6.45, 7) is 0. The van der Waals surface area contributed by atoms with Crippen LogP contribution in [-0.4, -0.2) is 12.4 Å². The molecule has 1 aromatic carbocycles. The van der Waals surface area contributed by atoms with E-state index < -0.39 is 41.0 Å². The quantitative estimate of drug-likeness (QED) is 0.488. The third kappa shape index (κ3) is 4.02. The van der Waals surface area contributed by atoms with Crippen LogP contribution >= 0.6 is 0 Å². The Labute approximate surface area is 112 Å². The van der Waals surface area contributed by atoms with E-state index in [1.165, 1.54) is 6.07 Å². The van der Waals surface area contributed by atoms with Gasteiger partial charge in [0.15, 0.2) is 11.7 Å². The topological polar surface area (TPSA) is 0 Å². The van der Waals surface area contributed by atoms with Crippen molar-refractivity contribution in [1.82, 2.24) is 0 Å². The average Bonchev–Trinajstić information content (AvgIpc) is 2.35. The summed E-state index contributed by atoms with van der Waals surface area (Å²) in [5.41, 5.74) is -3.27. The number of hydrogen-bond donors (Lipinski definition) is 0. The van der Waals surface area contributed by atoms with Crippen molar-refractivity contribution in [2.75, 3.05) is 0 Å². The summed E-state index contributed by atoms with van der Waals surface area (Å²) in [4.78, 5) is 0. The molecule has 0 amide bonds. The minimum atomic E-state index is -5.94. The molecule has 0 bridgehead atoms. The largest absolute Gasteiger partial charge is 0.446 e. The third-order valence-electron chi connectivity index (χ3n) is 2.20. The predicted octanol–water partition coefficient (Wildman–Crippen LogP) is 5.64. The molecule has 0 aliphatic heterocycles. The summed E-state index contributed by atoms with van der Waals surface area (Å²) >= 11 is 0. The van der Waals surface area contributed by atoms with Crippen LogP contribution in [0.1, 0.15) is 5.56 Å². The molecule has 0 radical (unpaired) electrons. The first-order chi connectivity index (χ1) is 9.46. The molecule has 0 N–H and O–H groups in total. The van der Waals surface area contributed by atoms with Crippen LogP contribution in [0.2, 0.25) is 0 Å². The lowest BCUT2D eigenvalue weighted by atomic mass is 10.0. The van der Waals surface area contributed by atoms with Gasteiger partial charge < -0.3 is 0 Å². The van der Waals surface area contributed by atoms with Gasteiger partial charge in [0, 0.05) is 0 Å². The van der Waals surface area contributed by atoms with Crippen molar-refractivity contribution in [3.05, 3.63) is 53.4 Å². The molecule has 116 valence electrons. The van der Waals surface area contributed by atoms with Gasteiger partial charge in [-0.3, -0.25) is 0 Å². The minimum Gasteiger partial charge on any atom is -0.203 e. The highest BCUT2D eigenvalue weighted by molar-refractivity contribution is 5.73. The van der Waals surface area contributed by atoms with Crippen LogP contribution in [0, 0.1) is 0 Å². The Hall–Kier alpha value is -1.93. The molecule has 0 spiro atoms. The summed E-state index contributed by atoms with van der Waals surface area (Å²) in [5, 5.41) is 0. The highest BCUT2D eigenvalue weighted by atomic mass is 19.4. The SMILES string of the molecule is FC(=C(/c1ccccc1)C(F)(F)F)/C(F)=C(\F)C(F)(F)F. The van der Waals surface area contributed by atoms with Crippen LogP contribution in [0.25, 0.3) is 5.57 Å². The molecule has 0 saturated heterocycles. The maximum atomic E-state index is 13.4. The van der Waals surface area contributed by atoms with Crippen molar-refractivity contribution in [3.8, 4) is 0 Å². The monoisotopic (exact) mass is 320 g/mol. The van der Waals surface area contributed by atoms with Crippen LogP contribution in [0.15, 0.2) is 47.8 Å². The lowest BCUT2D eigenvalue weighted by Crippen LogP contribution is -2.15. The maximum Gasteiger partial charge on any atom is 0.446 e. The Morgan fingerprint density at radius 2 is 1.14 bits per heavy atom. The van der Waals surface area contributed by atoms with E-state index in [1.807, 2.05) is 0 Å². The van der Waals surface area contributed by atoms with Crippen LogP contribution in [0.4, 0.5) is 39.5 Å². The Morgan fingerprint density at radius 3 is 1.52 bits per heavy atom. The molecular weight excluding hydrogens is 315 g/mol. The van der Waals surface area contributed by atoms with Gasteiger partial charge in [0.25, 0.3) is 0 Å². The minimum absolute atomic E-state index is 0.696. The summed E-state index contributed by atoms with van der Waals surface area (Å²) < 4.78 is 113. The third-order valence-corrected chi connectivity index (χ3v) is 2.20. The second-order valence-electron chi connectivity index (χ2n) is 3.68.